The van der Waals surface area contributed by atoms with Gasteiger partial charge in [-0.1, -0.05) is 0 Å². The minimum Gasteiger partial charge on any atom is -0.458 e. The fraction of sp³-hybridized carbons (Fsp3) is 0.600. The number of aryl methyl sites for hydroxylation is 1. The maximum Gasteiger partial charge on any atom is 0.341 e. The van der Waals surface area contributed by atoms with Crippen LogP contribution in [0.3, 0.4) is 0 Å². The van der Waals surface area contributed by atoms with Crippen molar-refractivity contribution in [3.8, 4) is 0 Å². The van der Waals surface area contributed by atoms with E-state index in [2.05, 4.69) is 5.10 Å². The molecule has 5 heteroatoms. The summed E-state index contributed by atoms with van der Waals surface area (Å²) in [5, 5.41) is 4.02. The van der Waals surface area contributed by atoms with E-state index in [1.165, 1.54) is 6.20 Å². The van der Waals surface area contributed by atoms with Crippen LogP contribution in [0.4, 0.5) is 0 Å². The average molecular weight is 228 g/mol. The van der Waals surface area contributed by atoms with Crippen LogP contribution in [0.2, 0.25) is 0 Å². The minimum atomic E-state index is -0.295. The first-order valence-electron chi connectivity index (χ1n) is 4.89. The Kier molecular flexibility index (Phi) is 4.68. The van der Waals surface area contributed by atoms with Gasteiger partial charge in [-0.05, 0) is 20.1 Å². The molecule has 0 bridgehead atoms. The van der Waals surface area contributed by atoms with Gasteiger partial charge in [0, 0.05) is 18.5 Å². The largest absolute Gasteiger partial charge is 0.458 e. The molecular weight excluding hydrogens is 212 g/mol. The van der Waals surface area contributed by atoms with E-state index in [9.17, 15) is 4.79 Å². The molecule has 1 aromatic heterocycles. The molecule has 0 spiro atoms. The maximum absolute atomic E-state index is 11.6. The SMILES string of the molecule is CCn1cc(C(=O)O[C@@H](C)CSC)cn1. The molecule has 1 atom stereocenters. The highest BCUT2D eigenvalue weighted by atomic mass is 32.2. The van der Waals surface area contributed by atoms with Crippen LogP contribution in [0.1, 0.15) is 24.2 Å². The Morgan fingerprint density at radius 2 is 2.47 bits per heavy atom. The van der Waals surface area contributed by atoms with Crippen LogP contribution in [0.25, 0.3) is 0 Å². The fourth-order valence-corrected chi connectivity index (χ4v) is 1.70. The summed E-state index contributed by atoms with van der Waals surface area (Å²) >= 11 is 1.66. The number of rotatable bonds is 5. The normalized spacial score (nSPS) is 12.5. The third-order valence-corrected chi connectivity index (χ3v) is 2.71. The molecule has 1 rings (SSSR count). The molecule has 0 aromatic carbocycles. The molecule has 0 N–H and O–H groups in total. The van der Waals surface area contributed by atoms with Crippen molar-refractivity contribution in [2.45, 2.75) is 26.5 Å². The Bertz CT molecular complexity index is 325. The van der Waals surface area contributed by atoms with Gasteiger partial charge in [-0.15, -0.1) is 0 Å². The summed E-state index contributed by atoms with van der Waals surface area (Å²) in [7, 11) is 0. The van der Waals surface area contributed by atoms with E-state index in [0.29, 0.717) is 5.56 Å². The number of thioether (sulfide) groups is 1. The van der Waals surface area contributed by atoms with E-state index in [1.807, 2.05) is 20.1 Å². The molecule has 0 amide bonds. The Morgan fingerprint density at radius 1 is 1.73 bits per heavy atom. The zero-order chi connectivity index (χ0) is 11.3. The van der Waals surface area contributed by atoms with Crippen LogP contribution in [-0.2, 0) is 11.3 Å². The maximum atomic E-state index is 11.6. The first-order valence-corrected chi connectivity index (χ1v) is 6.29. The third kappa shape index (κ3) is 3.58. The third-order valence-electron chi connectivity index (χ3n) is 1.90. The summed E-state index contributed by atoms with van der Waals surface area (Å²) < 4.78 is 6.93. The number of aromatic nitrogens is 2. The second-order valence-corrected chi connectivity index (χ2v) is 4.17. The summed E-state index contributed by atoms with van der Waals surface area (Å²) in [6, 6.07) is 0. The summed E-state index contributed by atoms with van der Waals surface area (Å²) in [5.74, 6) is 0.518. The second-order valence-electron chi connectivity index (χ2n) is 3.26. The number of ether oxygens (including phenoxy) is 1. The summed E-state index contributed by atoms with van der Waals surface area (Å²) in [4.78, 5) is 11.6. The van der Waals surface area contributed by atoms with Gasteiger partial charge in [0.15, 0.2) is 0 Å². The van der Waals surface area contributed by atoms with Crippen molar-refractivity contribution in [2.75, 3.05) is 12.0 Å². The summed E-state index contributed by atoms with van der Waals surface area (Å²) in [6.07, 6.45) is 5.17. The van der Waals surface area contributed by atoms with E-state index < -0.39 is 0 Å². The fourth-order valence-electron chi connectivity index (χ4n) is 1.16. The number of nitrogens with zero attached hydrogens (tertiary/aromatic N) is 2. The van der Waals surface area contributed by atoms with Gasteiger partial charge in [-0.2, -0.15) is 16.9 Å². The van der Waals surface area contributed by atoms with Crippen molar-refractivity contribution >= 4 is 17.7 Å². The molecule has 4 nitrogen and oxygen atoms in total. The lowest BCUT2D eigenvalue weighted by atomic mass is 10.3. The number of hydrogen-bond acceptors (Lipinski definition) is 4. The van der Waals surface area contributed by atoms with Gasteiger partial charge in [0.2, 0.25) is 0 Å². The number of carbonyl (C=O) groups excluding carboxylic acids is 1. The zero-order valence-corrected chi connectivity index (χ0v) is 10.1. The summed E-state index contributed by atoms with van der Waals surface area (Å²) in [6.45, 7) is 4.62. The van der Waals surface area contributed by atoms with Crippen LogP contribution >= 0.6 is 11.8 Å². The number of carbonyl (C=O) groups is 1. The van der Waals surface area contributed by atoms with Gasteiger partial charge in [-0.3, -0.25) is 4.68 Å². The first kappa shape index (κ1) is 12.1. The van der Waals surface area contributed by atoms with Crippen LogP contribution in [0, 0.1) is 0 Å². The second kappa shape index (κ2) is 5.80. The number of hydrogen-bond donors (Lipinski definition) is 0. The van der Waals surface area contributed by atoms with Crippen molar-refractivity contribution < 1.29 is 9.53 Å². The van der Waals surface area contributed by atoms with Gasteiger partial charge in [0.1, 0.15) is 6.10 Å². The molecule has 0 saturated carbocycles. The topological polar surface area (TPSA) is 44.1 Å². The molecule has 0 unspecified atom stereocenters. The lowest BCUT2D eigenvalue weighted by Crippen LogP contribution is -2.16. The van der Waals surface area contributed by atoms with Crippen molar-refractivity contribution in [1.29, 1.82) is 0 Å². The van der Waals surface area contributed by atoms with Crippen molar-refractivity contribution in [3.05, 3.63) is 18.0 Å². The highest BCUT2D eigenvalue weighted by Crippen LogP contribution is 2.06. The quantitative estimate of drug-likeness (QED) is 0.721. The van der Waals surface area contributed by atoms with Crippen LogP contribution < -0.4 is 0 Å². The van der Waals surface area contributed by atoms with E-state index in [1.54, 1.807) is 22.6 Å². The Hall–Kier alpha value is -0.970. The predicted octanol–water partition coefficient (Wildman–Crippen LogP) is 1.81. The smallest absolute Gasteiger partial charge is 0.341 e. The van der Waals surface area contributed by atoms with E-state index in [-0.39, 0.29) is 12.1 Å². The Morgan fingerprint density at radius 3 is 3.00 bits per heavy atom. The van der Waals surface area contributed by atoms with Crippen LogP contribution in [0.5, 0.6) is 0 Å². The molecule has 84 valence electrons. The van der Waals surface area contributed by atoms with Crippen molar-refractivity contribution in [1.82, 2.24) is 9.78 Å². The Labute approximate surface area is 94.0 Å². The van der Waals surface area contributed by atoms with E-state index >= 15 is 0 Å². The molecule has 0 radical (unpaired) electrons. The van der Waals surface area contributed by atoms with Gasteiger partial charge in [-0.25, -0.2) is 4.79 Å². The summed E-state index contributed by atoms with van der Waals surface area (Å²) in [5.41, 5.74) is 0.518. The molecule has 15 heavy (non-hydrogen) atoms. The molecule has 1 heterocycles. The van der Waals surface area contributed by atoms with Gasteiger partial charge >= 0.3 is 5.97 Å². The molecule has 0 fully saturated rings. The first-order chi connectivity index (χ1) is 7.17. The van der Waals surface area contributed by atoms with Crippen LogP contribution in [0.15, 0.2) is 12.4 Å². The number of esters is 1. The lowest BCUT2D eigenvalue weighted by molar-refractivity contribution is 0.0386. The Balaban J connectivity index is 2.53. The highest BCUT2D eigenvalue weighted by molar-refractivity contribution is 7.98. The molecule has 0 aliphatic rings. The molecule has 1 aromatic rings. The predicted molar refractivity (Wildman–Crippen MR) is 61.2 cm³/mol. The molecule has 0 saturated heterocycles. The van der Waals surface area contributed by atoms with Gasteiger partial charge < -0.3 is 4.74 Å². The zero-order valence-electron chi connectivity index (χ0n) is 9.27. The van der Waals surface area contributed by atoms with E-state index in [0.717, 1.165) is 12.3 Å². The van der Waals surface area contributed by atoms with Crippen molar-refractivity contribution in [2.24, 2.45) is 0 Å². The van der Waals surface area contributed by atoms with Crippen LogP contribution in [-0.4, -0.2) is 33.9 Å². The van der Waals surface area contributed by atoms with Crippen molar-refractivity contribution in [3.63, 3.8) is 0 Å². The lowest BCUT2D eigenvalue weighted by Gasteiger charge is -2.10. The highest BCUT2D eigenvalue weighted by Gasteiger charge is 2.13. The van der Waals surface area contributed by atoms with Gasteiger partial charge in [0.25, 0.3) is 0 Å². The monoisotopic (exact) mass is 228 g/mol. The molecular formula is C10H16N2O2S. The minimum absolute atomic E-state index is 0.0579. The molecule has 0 aliphatic carbocycles. The average Bonchev–Trinajstić information content (AvgIpc) is 2.66. The molecule has 0 aliphatic heterocycles. The van der Waals surface area contributed by atoms with E-state index in [4.69, 9.17) is 4.74 Å². The standard InChI is InChI=1S/C10H16N2O2S/c1-4-12-6-9(5-11-12)10(13)14-8(2)7-15-3/h5-6,8H,4,7H2,1-3H3/t8-/m0/s1. The van der Waals surface area contributed by atoms with Gasteiger partial charge in [0.05, 0.1) is 11.8 Å².